The first-order valence-electron chi connectivity index (χ1n) is 3.99. The van der Waals surface area contributed by atoms with Crippen molar-refractivity contribution in [2.45, 2.75) is 19.8 Å². The molecule has 0 saturated heterocycles. The molecule has 1 aliphatic heterocycles. The smallest absolute Gasteiger partial charge is 0.290 e. The van der Waals surface area contributed by atoms with Gasteiger partial charge in [0.25, 0.3) is 0 Å². The van der Waals surface area contributed by atoms with Gasteiger partial charge < -0.3 is 0 Å². The Balaban J connectivity index is 2.79. The second kappa shape index (κ2) is 5.59. The lowest BCUT2D eigenvalue weighted by Gasteiger charge is -2.28. The molecule has 1 heterocycles. The van der Waals surface area contributed by atoms with E-state index < -0.39 is 12.9 Å². The topological polar surface area (TPSA) is 63.2 Å². The summed E-state index contributed by atoms with van der Waals surface area (Å²) >= 11 is 6.73. The van der Waals surface area contributed by atoms with Gasteiger partial charge in [-0.1, -0.05) is 18.7 Å². The van der Waals surface area contributed by atoms with Crippen LogP contribution in [0.25, 0.3) is 0 Å². The SMILES string of the molecule is CCSC1=NC(Cl)=NC(N)N1OC(F)F. The van der Waals surface area contributed by atoms with Crippen LogP contribution in [0.15, 0.2) is 9.98 Å². The summed E-state index contributed by atoms with van der Waals surface area (Å²) in [6, 6.07) is 0. The van der Waals surface area contributed by atoms with Gasteiger partial charge in [-0.15, -0.1) is 0 Å². The zero-order valence-electron chi connectivity index (χ0n) is 7.73. The maximum absolute atomic E-state index is 12.0. The van der Waals surface area contributed by atoms with Crippen LogP contribution in [0, 0.1) is 0 Å². The van der Waals surface area contributed by atoms with Crippen molar-refractivity contribution in [1.29, 1.82) is 0 Å². The summed E-state index contributed by atoms with van der Waals surface area (Å²) in [4.78, 5) is 11.5. The fraction of sp³-hybridized carbons (Fsp3) is 0.667. The van der Waals surface area contributed by atoms with E-state index >= 15 is 0 Å². The lowest BCUT2D eigenvalue weighted by Crippen LogP contribution is -2.47. The second-order valence-corrected chi connectivity index (χ2v) is 3.90. The van der Waals surface area contributed by atoms with Gasteiger partial charge in [-0.2, -0.15) is 23.7 Å². The molecule has 0 fully saturated rings. The molecule has 0 aliphatic carbocycles. The summed E-state index contributed by atoms with van der Waals surface area (Å²) in [6.07, 6.45) is -1.10. The van der Waals surface area contributed by atoms with Crippen molar-refractivity contribution in [1.82, 2.24) is 5.06 Å². The van der Waals surface area contributed by atoms with Crippen LogP contribution in [0.4, 0.5) is 8.78 Å². The highest BCUT2D eigenvalue weighted by Crippen LogP contribution is 2.18. The summed E-state index contributed by atoms with van der Waals surface area (Å²) in [6.45, 7) is -1.15. The summed E-state index contributed by atoms with van der Waals surface area (Å²) < 4.78 is 24.1. The van der Waals surface area contributed by atoms with Crippen LogP contribution in [0.3, 0.4) is 0 Å². The predicted molar refractivity (Wildman–Crippen MR) is 55.8 cm³/mol. The van der Waals surface area contributed by atoms with E-state index in [-0.39, 0.29) is 10.5 Å². The average Bonchev–Trinajstić information content (AvgIpc) is 2.11. The number of hydrogen-bond donors (Lipinski definition) is 1. The second-order valence-electron chi connectivity index (χ2n) is 2.33. The quantitative estimate of drug-likeness (QED) is 0.778. The maximum atomic E-state index is 12.0. The van der Waals surface area contributed by atoms with Gasteiger partial charge in [0.1, 0.15) is 0 Å². The van der Waals surface area contributed by atoms with Gasteiger partial charge in [0.2, 0.25) is 11.6 Å². The van der Waals surface area contributed by atoms with Gasteiger partial charge in [-0.25, -0.2) is 4.99 Å². The van der Waals surface area contributed by atoms with E-state index in [2.05, 4.69) is 14.8 Å². The molecule has 0 spiro atoms. The normalized spacial score (nSPS) is 21.7. The third-order valence-electron chi connectivity index (χ3n) is 1.32. The Morgan fingerprint density at radius 2 is 2.40 bits per heavy atom. The molecule has 0 aromatic carbocycles. The van der Waals surface area contributed by atoms with Crippen molar-refractivity contribution in [3.63, 3.8) is 0 Å². The fourth-order valence-corrected chi connectivity index (χ4v) is 1.77. The fourth-order valence-electron chi connectivity index (χ4n) is 0.850. The molecule has 0 aromatic heterocycles. The van der Waals surface area contributed by atoms with Crippen molar-refractivity contribution in [3.8, 4) is 0 Å². The lowest BCUT2D eigenvalue weighted by molar-refractivity contribution is -0.260. The molecule has 1 atom stereocenters. The number of alkyl halides is 2. The highest BCUT2D eigenvalue weighted by molar-refractivity contribution is 8.13. The minimum atomic E-state index is -2.98. The molecule has 86 valence electrons. The van der Waals surface area contributed by atoms with Crippen molar-refractivity contribution in [3.05, 3.63) is 0 Å². The van der Waals surface area contributed by atoms with Crippen LogP contribution < -0.4 is 5.73 Å². The standard InChI is InChI=1S/C6H9ClF2N4OS/c1-2-15-6-12-3(7)11-5(10)13(6)14-4(8)9/h4-5H,2,10H2,1H3. The number of nitrogens with two attached hydrogens (primary N) is 1. The zero-order chi connectivity index (χ0) is 11.4. The lowest BCUT2D eigenvalue weighted by atomic mass is 10.8. The first kappa shape index (κ1) is 12.6. The molecular weight excluding hydrogens is 250 g/mol. The molecule has 0 bridgehead atoms. The van der Waals surface area contributed by atoms with Gasteiger partial charge in [0.15, 0.2) is 5.17 Å². The molecule has 1 rings (SSSR count). The molecule has 0 saturated carbocycles. The minimum Gasteiger partial charge on any atom is -0.290 e. The van der Waals surface area contributed by atoms with Crippen molar-refractivity contribution in [2.24, 2.45) is 15.7 Å². The summed E-state index contributed by atoms with van der Waals surface area (Å²) in [5.41, 5.74) is 5.44. The van der Waals surface area contributed by atoms with E-state index in [9.17, 15) is 8.78 Å². The van der Waals surface area contributed by atoms with Crippen molar-refractivity contribution < 1.29 is 13.6 Å². The van der Waals surface area contributed by atoms with Crippen LogP contribution in [0.2, 0.25) is 0 Å². The third-order valence-corrected chi connectivity index (χ3v) is 2.32. The highest BCUT2D eigenvalue weighted by Gasteiger charge is 2.27. The molecule has 0 radical (unpaired) electrons. The highest BCUT2D eigenvalue weighted by atomic mass is 35.5. The van der Waals surface area contributed by atoms with Crippen LogP contribution in [0.5, 0.6) is 0 Å². The van der Waals surface area contributed by atoms with Gasteiger partial charge in [-0.05, 0) is 17.4 Å². The van der Waals surface area contributed by atoms with E-state index in [0.29, 0.717) is 5.75 Å². The minimum absolute atomic E-state index is 0.0763. The number of halogens is 3. The molecule has 1 aliphatic rings. The predicted octanol–water partition coefficient (Wildman–Crippen LogP) is 1.40. The molecule has 0 aromatic rings. The summed E-state index contributed by atoms with van der Waals surface area (Å²) in [7, 11) is 0. The molecular formula is C6H9ClF2N4OS. The summed E-state index contributed by atoms with van der Waals surface area (Å²) in [5, 5.41) is 0.836. The molecule has 9 heteroatoms. The summed E-state index contributed by atoms with van der Waals surface area (Å²) in [5.74, 6) is 0.624. The van der Waals surface area contributed by atoms with Gasteiger partial charge in [0.05, 0.1) is 0 Å². The number of nitrogens with zero attached hydrogens (tertiary/aromatic N) is 3. The van der Waals surface area contributed by atoms with E-state index in [0.717, 1.165) is 5.06 Å². The Labute approximate surface area is 94.3 Å². The van der Waals surface area contributed by atoms with Crippen molar-refractivity contribution >= 4 is 33.8 Å². The molecule has 0 amide bonds. The van der Waals surface area contributed by atoms with E-state index in [4.69, 9.17) is 17.3 Å². The largest absolute Gasteiger partial charge is 0.365 e. The number of aliphatic imine (C=N–C) groups is 2. The first-order chi connectivity index (χ1) is 7.04. The molecule has 2 N–H and O–H groups in total. The Hall–Kier alpha value is -0.440. The molecule has 15 heavy (non-hydrogen) atoms. The van der Waals surface area contributed by atoms with Crippen LogP contribution in [0.1, 0.15) is 6.92 Å². The van der Waals surface area contributed by atoms with Crippen LogP contribution in [-0.2, 0) is 4.84 Å². The molecule has 5 nitrogen and oxygen atoms in total. The van der Waals surface area contributed by atoms with Crippen molar-refractivity contribution in [2.75, 3.05) is 5.75 Å². The Morgan fingerprint density at radius 1 is 1.73 bits per heavy atom. The number of hydroxylamine groups is 2. The van der Waals surface area contributed by atoms with E-state index in [1.54, 1.807) is 0 Å². The first-order valence-corrected chi connectivity index (χ1v) is 5.35. The van der Waals surface area contributed by atoms with Gasteiger partial charge >= 0.3 is 6.61 Å². The third kappa shape index (κ3) is 3.56. The van der Waals surface area contributed by atoms with Crippen LogP contribution in [-0.4, -0.2) is 34.2 Å². The zero-order valence-corrected chi connectivity index (χ0v) is 9.30. The number of hydrogen-bond acceptors (Lipinski definition) is 6. The van der Waals surface area contributed by atoms with Gasteiger partial charge in [0, 0.05) is 0 Å². The number of amidine groups is 2. The Bertz CT molecular complexity index is 288. The maximum Gasteiger partial charge on any atom is 0.365 e. The average molecular weight is 259 g/mol. The monoisotopic (exact) mass is 258 g/mol. The van der Waals surface area contributed by atoms with Gasteiger partial charge in [-0.3, -0.25) is 5.73 Å². The van der Waals surface area contributed by atoms with E-state index in [1.165, 1.54) is 11.8 Å². The number of rotatable bonds is 3. The van der Waals surface area contributed by atoms with E-state index in [1.807, 2.05) is 6.92 Å². The van der Waals surface area contributed by atoms with Crippen LogP contribution >= 0.6 is 23.4 Å². The Kier molecular flexibility index (Phi) is 4.71. The Morgan fingerprint density at radius 3 is 2.93 bits per heavy atom. The number of thioether (sulfide) groups is 1. The molecule has 1 unspecified atom stereocenters.